The third kappa shape index (κ3) is 5.01. The van der Waals surface area contributed by atoms with Crippen molar-refractivity contribution in [1.29, 1.82) is 0 Å². The highest BCUT2D eigenvalue weighted by atomic mass is 16.5. The number of aryl methyl sites for hydroxylation is 1. The molecule has 1 N–H and O–H groups in total. The normalized spacial score (nSPS) is 22.8. The second kappa shape index (κ2) is 9.91. The molecule has 2 saturated heterocycles. The fraction of sp³-hybridized carbons (Fsp3) is 0.792. The molecule has 0 aromatic carbocycles. The number of likely N-dealkylation sites (tertiary alicyclic amines) is 1. The number of aromatic nitrogens is 2. The van der Waals surface area contributed by atoms with E-state index in [1.165, 1.54) is 0 Å². The molecule has 0 bridgehead atoms. The van der Waals surface area contributed by atoms with Crippen LogP contribution in [0.1, 0.15) is 61.3 Å². The monoisotopic (exact) mass is 446 g/mol. The Morgan fingerprint density at radius 3 is 2.72 bits per heavy atom. The molecule has 0 aliphatic carbocycles. The van der Waals surface area contributed by atoms with Crippen LogP contribution in [0.3, 0.4) is 0 Å². The molecule has 3 aliphatic heterocycles. The molecule has 4 rings (SSSR count). The molecule has 1 spiro atoms. The minimum absolute atomic E-state index is 0.0195. The Morgan fingerprint density at radius 1 is 1.31 bits per heavy atom. The first-order valence-electron chi connectivity index (χ1n) is 12.2. The lowest BCUT2D eigenvalue weighted by atomic mass is 9.75. The van der Waals surface area contributed by atoms with Gasteiger partial charge in [-0.25, -0.2) is 0 Å². The smallest absolute Gasteiger partial charge is 0.309 e. The summed E-state index contributed by atoms with van der Waals surface area (Å²) in [6, 6.07) is 0. The zero-order chi connectivity index (χ0) is 22.7. The number of nitrogens with one attached hydrogen (secondary N) is 1. The van der Waals surface area contributed by atoms with Gasteiger partial charge in [-0.05, 0) is 76.9 Å². The summed E-state index contributed by atoms with van der Waals surface area (Å²) >= 11 is 0. The summed E-state index contributed by atoms with van der Waals surface area (Å²) in [6.45, 7) is 9.24. The van der Waals surface area contributed by atoms with Crippen molar-refractivity contribution in [3.8, 4) is 0 Å². The molecule has 0 radical (unpaired) electrons. The first kappa shape index (κ1) is 23.2. The van der Waals surface area contributed by atoms with E-state index in [0.717, 1.165) is 69.7 Å². The molecule has 178 valence electrons. The molecule has 4 heterocycles. The Balaban J connectivity index is 1.44. The number of esters is 1. The SMILES string of the molecule is CCn1nc(C[C@@H](C)COC(=O)C2CCN(C)CC2)c2c1C(=O)NCC1(CCOCC1)C2. The number of fused-ring (bicyclic) bond motifs is 1. The minimum Gasteiger partial charge on any atom is -0.465 e. The fourth-order valence-corrected chi connectivity index (χ4v) is 5.30. The largest absolute Gasteiger partial charge is 0.465 e. The quantitative estimate of drug-likeness (QED) is 0.673. The number of carbonyl (C=O) groups is 2. The highest BCUT2D eigenvalue weighted by Gasteiger charge is 2.39. The second-order valence-corrected chi connectivity index (χ2v) is 10.1. The zero-order valence-electron chi connectivity index (χ0n) is 19.8. The number of hydrogen-bond acceptors (Lipinski definition) is 6. The van der Waals surface area contributed by atoms with Crippen LogP contribution in [0.5, 0.6) is 0 Å². The molecule has 1 atom stereocenters. The fourth-order valence-electron chi connectivity index (χ4n) is 5.30. The highest BCUT2D eigenvalue weighted by molar-refractivity contribution is 5.94. The van der Waals surface area contributed by atoms with Gasteiger partial charge >= 0.3 is 5.97 Å². The Bertz CT molecular complexity index is 822. The van der Waals surface area contributed by atoms with Crippen LogP contribution in [-0.2, 0) is 33.7 Å². The van der Waals surface area contributed by atoms with Crippen LogP contribution in [0.15, 0.2) is 0 Å². The summed E-state index contributed by atoms with van der Waals surface area (Å²) in [5, 5.41) is 7.98. The van der Waals surface area contributed by atoms with Crippen molar-refractivity contribution in [3.63, 3.8) is 0 Å². The Hall–Kier alpha value is -1.93. The lowest BCUT2D eigenvalue weighted by molar-refractivity contribution is -0.151. The van der Waals surface area contributed by atoms with Gasteiger partial charge in [0.25, 0.3) is 5.91 Å². The molecule has 1 aromatic rings. The van der Waals surface area contributed by atoms with Gasteiger partial charge < -0.3 is 19.7 Å². The van der Waals surface area contributed by atoms with Gasteiger partial charge in [0, 0.05) is 31.9 Å². The van der Waals surface area contributed by atoms with E-state index in [1.54, 1.807) is 0 Å². The van der Waals surface area contributed by atoms with Crippen molar-refractivity contribution in [2.75, 3.05) is 46.5 Å². The minimum atomic E-state index is -0.0663. The van der Waals surface area contributed by atoms with Crippen molar-refractivity contribution < 1.29 is 19.1 Å². The van der Waals surface area contributed by atoms with Gasteiger partial charge in [0.05, 0.1) is 18.2 Å². The lowest BCUT2D eigenvalue weighted by Crippen LogP contribution is -2.40. The van der Waals surface area contributed by atoms with E-state index in [9.17, 15) is 9.59 Å². The Labute approximate surface area is 191 Å². The van der Waals surface area contributed by atoms with E-state index >= 15 is 0 Å². The maximum atomic E-state index is 12.9. The van der Waals surface area contributed by atoms with E-state index in [1.807, 2.05) is 11.6 Å². The maximum Gasteiger partial charge on any atom is 0.309 e. The first-order chi connectivity index (χ1) is 15.4. The molecule has 8 nitrogen and oxygen atoms in total. The van der Waals surface area contributed by atoms with Crippen molar-refractivity contribution in [2.45, 2.75) is 58.9 Å². The summed E-state index contributed by atoms with van der Waals surface area (Å²) in [4.78, 5) is 27.7. The number of rotatable bonds is 6. The molecule has 8 heteroatoms. The Kier molecular flexibility index (Phi) is 7.20. The summed E-state index contributed by atoms with van der Waals surface area (Å²) in [6.07, 6.45) is 5.20. The molecule has 0 unspecified atom stereocenters. The second-order valence-electron chi connectivity index (χ2n) is 10.1. The number of nitrogens with zero attached hydrogens (tertiary/aromatic N) is 3. The number of piperidine rings is 1. The summed E-state index contributed by atoms with van der Waals surface area (Å²) < 4.78 is 13.1. The van der Waals surface area contributed by atoms with Gasteiger partial charge in [-0.15, -0.1) is 0 Å². The molecular weight excluding hydrogens is 408 g/mol. The topological polar surface area (TPSA) is 85.7 Å². The molecule has 1 amide bonds. The van der Waals surface area contributed by atoms with Crippen LogP contribution in [-0.4, -0.2) is 73.1 Å². The average Bonchev–Trinajstić information content (AvgIpc) is 3.06. The third-order valence-electron chi connectivity index (χ3n) is 7.48. The lowest BCUT2D eigenvalue weighted by Gasteiger charge is -2.36. The number of carbonyl (C=O) groups excluding carboxylic acids is 2. The number of hydrogen-bond donors (Lipinski definition) is 1. The van der Waals surface area contributed by atoms with Crippen LogP contribution in [0.4, 0.5) is 0 Å². The predicted octanol–water partition coefficient (Wildman–Crippen LogP) is 2.05. The average molecular weight is 447 g/mol. The van der Waals surface area contributed by atoms with Crippen LogP contribution in [0.25, 0.3) is 0 Å². The van der Waals surface area contributed by atoms with Crippen molar-refractivity contribution in [2.24, 2.45) is 17.3 Å². The molecular formula is C24H38N4O4. The molecule has 3 aliphatic rings. The Morgan fingerprint density at radius 2 is 2.03 bits per heavy atom. The van der Waals surface area contributed by atoms with Gasteiger partial charge in [0.1, 0.15) is 5.69 Å². The van der Waals surface area contributed by atoms with Crippen molar-refractivity contribution in [3.05, 3.63) is 17.0 Å². The number of ether oxygens (including phenoxy) is 2. The molecule has 0 saturated carbocycles. The van der Waals surface area contributed by atoms with E-state index in [4.69, 9.17) is 14.6 Å². The van der Waals surface area contributed by atoms with Crippen LogP contribution < -0.4 is 5.32 Å². The number of amides is 1. The summed E-state index contributed by atoms with van der Waals surface area (Å²) in [5.41, 5.74) is 2.81. The van der Waals surface area contributed by atoms with E-state index in [2.05, 4.69) is 24.2 Å². The van der Waals surface area contributed by atoms with Gasteiger partial charge in [0.2, 0.25) is 0 Å². The van der Waals surface area contributed by atoms with E-state index < -0.39 is 0 Å². The van der Waals surface area contributed by atoms with Gasteiger partial charge in [-0.3, -0.25) is 14.3 Å². The summed E-state index contributed by atoms with van der Waals surface area (Å²) in [7, 11) is 2.09. The van der Waals surface area contributed by atoms with Gasteiger partial charge in [0.15, 0.2) is 0 Å². The van der Waals surface area contributed by atoms with Crippen molar-refractivity contribution in [1.82, 2.24) is 20.0 Å². The van der Waals surface area contributed by atoms with E-state index in [0.29, 0.717) is 31.8 Å². The molecule has 2 fully saturated rings. The van der Waals surface area contributed by atoms with Gasteiger partial charge in [-0.2, -0.15) is 5.10 Å². The molecule has 1 aromatic heterocycles. The standard InChI is InChI=1S/C24H38N4O4/c1-4-28-21-19(14-24(16-25-22(21)29)7-11-31-12-8-24)20(26-28)13-17(2)15-32-23(30)18-5-9-27(3)10-6-18/h17-18H,4-16H2,1-3H3,(H,25,29)/t17-/m1/s1. The van der Waals surface area contributed by atoms with Crippen LogP contribution in [0.2, 0.25) is 0 Å². The predicted molar refractivity (Wildman–Crippen MR) is 120 cm³/mol. The van der Waals surface area contributed by atoms with Crippen LogP contribution >= 0.6 is 0 Å². The summed E-state index contributed by atoms with van der Waals surface area (Å²) in [5.74, 6) is 0.0752. The first-order valence-corrected chi connectivity index (χ1v) is 12.2. The molecule has 32 heavy (non-hydrogen) atoms. The third-order valence-corrected chi connectivity index (χ3v) is 7.48. The van der Waals surface area contributed by atoms with Crippen LogP contribution in [0, 0.1) is 17.3 Å². The highest BCUT2D eigenvalue weighted by Crippen LogP contribution is 2.38. The van der Waals surface area contributed by atoms with E-state index in [-0.39, 0.29) is 29.1 Å². The maximum absolute atomic E-state index is 12.9. The zero-order valence-corrected chi connectivity index (χ0v) is 19.8. The van der Waals surface area contributed by atoms with Gasteiger partial charge in [-0.1, -0.05) is 6.92 Å². The van der Waals surface area contributed by atoms with Crippen molar-refractivity contribution >= 4 is 11.9 Å².